The Hall–Kier alpha value is -0.700. The highest BCUT2D eigenvalue weighted by Gasteiger charge is 2.16. The Morgan fingerprint density at radius 2 is 2.00 bits per heavy atom. The molecule has 1 saturated carbocycles. The molecule has 94 valence electrons. The molecule has 3 heteroatoms. The molecule has 0 heterocycles. The molecule has 1 aromatic rings. The maximum absolute atomic E-state index is 6.03. The zero-order chi connectivity index (χ0) is 12.3. The van der Waals surface area contributed by atoms with Crippen molar-refractivity contribution in [2.75, 3.05) is 24.2 Å². The summed E-state index contributed by atoms with van der Waals surface area (Å²) in [6.45, 7) is 1.13. The Morgan fingerprint density at radius 1 is 1.29 bits per heavy atom. The second-order valence-corrected chi connectivity index (χ2v) is 6.00. The van der Waals surface area contributed by atoms with E-state index < -0.39 is 0 Å². The van der Waals surface area contributed by atoms with E-state index in [0.717, 1.165) is 28.3 Å². The fourth-order valence-electron chi connectivity index (χ4n) is 2.70. The minimum absolute atomic E-state index is 0.840. The molecular weight excluding hydrogens is 276 g/mol. The average molecular weight is 297 g/mol. The van der Waals surface area contributed by atoms with Gasteiger partial charge >= 0.3 is 0 Å². The number of hydrogen-bond donors (Lipinski definition) is 1. The lowest BCUT2D eigenvalue weighted by Gasteiger charge is -2.29. The first kappa shape index (κ1) is 12.7. The fourth-order valence-corrected chi connectivity index (χ4v) is 3.05. The zero-order valence-electron chi connectivity index (χ0n) is 10.5. The second-order valence-electron chi connectivity index (χ2n) is 5.09. The smallest absolute Gasteiger partial charge is 0.0608 e. The molecule has 0 radical (unpaired) electrons. The first-order valence-corrected chi connectivity index (χ1v) is 7.22. The van der Waals surface area contributed by atoms with Crippen molar-refractivity contribution in [2.45, 2.75) is 32.1 Å². The lowest BCUT2D eigenvalue weighted by Crippen LogP contribution is -2.27. The first-order chi connectivity index (χ1) is 8.16. The summed E-state index contributed by atoms with van der Waals surface area (Å²) >= 11 is 3.51. The average Bonchev–Trinajstić information content (AvgIpc) is 2.33. The van der Waals surface area contributed by atoms with Crippen LogP contribution < -0.4 is 10.6 Å². The summed E-state index contributed by atoms with van der Waals surface area (Å²) in [6, 6.07) is 6.07. The molecule has 1 aliphatic carbocycles. The van der Waals surface area contributed by atoms with Gasteiger partial charge in [0.05, 0.1) is 11.4 Å². The van der Waals surface area contributed by atoms with Crippen molar-refractivity contribution in [1.29, 1.82) is 0 Å². The topological polar surface area (TPSA) is 29.3 Å². The molecular formula is C14H21BrN2. The molecule has 0 atom stereocenters. The predicted octanol–water partition coefficient (Wildman–Crippen LogP) is 4.05. The summed E-state index contributed by atoms with van der Waals surface area (Å²) in [5.41, 5.74) is 8.04. The van der Waals surface area contributed by atoms with Crippen LogP contribution in [0.1, 0.15) is 32.1 Å². The van der Waals surface area contributed by atoms with E-state index in [0.29, 0.717) is 0 Å². The van der Waals surface area contributed by atoms with E-state index in [4.69, 9.17) is 5.73 Å². The van der Waals surface area contributed by atoms with Crippen LogP contribution in [-0.4, -0.2) is 13.6 Å². The molecule has 0 aromatic heterocycles. The molecule has 17 heavy (non-hydrogen) atoms. The van der Waals surface area contributed by atoms with Crippen LogP contribution in [0.3, 0.4) is 0 Å². The molecule has 0 amide bonds. The lowest BCUT2D eigenvalue weighted by atomic mass is 9.89. The van der Waals surface area contributed by atoms with Gasteiger partial charge in [-0.3, -0.25) is 0 Å². The Balaban J connectivity index is 2.02. The summed E-state index contributed by atoms with van der Waals surface area (Å²) in [5.74, 6) is 0.840. The van der Waals surface area contributed by atoms with Gasteiger partial charge in [0.2, 0.25) is 0 Å². The number of hydrogen-bond acceptors (Lipinski definition) is 2. The third-order valence-corrected chi connectivity index (χ3v) is 4.15. The zero-order valence-corrected chi connectivity index (χ0v) is 12.0. The number of halogens is 1. The van der Waals surface area contributed by atoms with Crippen molar-refractivity contribution in [3.8, 4) is 0 Å². The van der Waals surface area contributed by atoms with Gasteiger partial charge in [-0.05, 0) is 37.0 Å². The molecule has 0 spiro atoms. The van der Waals surface area contributed by atoms with Crippen molar-refractivity contribution >= 4 is 27.3 Å². The van der Waals surface area contributed by atoms with Crippen molar-refractivity contribution < 1.29 is 0 Å². The van der Waals surface area contributed by atoms with Crippen LogP contribution in [-0.2, 0) is 0 Å². The van der Waals surface area contributed by atoms with Crippen LogP contribution in [0.2, 0.25) is 0 Å². The van der Waals surface area contributed by atoms with Gasteiger partial charge in [-0.25, -0.2) is 0 Å². The predicted molar refractivity (Wildman–Crippen MR) is 78.4 cm³/mol. The molecule has 1 aromatic carbocycles. The Labute approximate surface area is 112 Å². The van der Waals surface area contributed by atoms with E-state index in [2.05, 4.69) is 33.9 Å². The molecule has 2 nitrogen and oxygen atoms in total. The normalized spacial score (nSPS) is 17.1. The molecule has 2 N–H and O–H groups in total. The third kappa shape index (κ3) is 3.38. The van der Waals surface area contributed by atoms with Crippen LogP contribution in [0.4, 0.5) is 11.4 Å². The molecule has 0 saturated heterocycles. The van der Waals surface area contributed by atoms with Crippen LogP contribution in [0.25, 0.3) is 0 Å². The quantitative estimate of drug-likeness (QED) is 0.853. The monoisotopic (exact) mass is 296 g/mol. The van der Waals surface area contributed by atoms with E-state index in [-0.39, 0.29) is 0 Å². The van der Waals surface area contributed by atoms with Gasteiger partial charge in [0, 0.05) is 18.1 Å². The number of anilines is 2. The number of nitrogens with two attached hydrogens (primary N) is 1. The Bertz CT molecular complexity index is 372. The largest absolute Gasteiger partial charge is 0.397 e. The van der Waals surface area contributed by atoms with Crippen LogP contribution in [0.15, 0.2) is 22.7 Å². The van der Waals surface area contributed by atoms with Gasteiger partial charge in [-0.1, -0.05) is 35.2 Å². The minimum Gasteiger partial charge on any atom is -0.397 e. The van der Waals surface area contributed by atoms with Gasteiger partial charge in [-0.15, -0.1) is 0 Å². The van der Waals surface area contributed by atoms with E-state index in [1.165, 1.54) is 32.1 Å². The van der Waals surface area contributed by atoms with Crippen molar-refractivity contribution in [3.63, 3.8) is 0 Å². The number of nitrogen functional groups attached to an aromatic ring is 1. The highest BCUT2D eigenvalue weighted by atomic mass is 79.9. The standard InChI is InChI=1S/C14H21BrN2/c1-17(10-11-5-3-2-4-6-11)14-9-12(15)7-8-13(14)16/h7-9,11H,2-6,10,16H2,1H3. The third-order valence-electron chi connectivity index (χ3n) is 3.66. The molecule has 2 rings (SSSR count). The first-order valence-electron chi connectivity index (χ1n) is 6.43. The van der Waals surface area contributed by atoms with Crippen LogP contribution in [0, 0.1) is 5.92 Å². The Kier molecular flexibility index (Phi) is 4.32. The minimum atomic E-state index is 0.840. The van der Waals surface area contributed by atoms with Crippen molar-refractivity contribution in [3.05, 3.63) is 22.7 Å². The Morgan fingerprint density at radius 3 is 2.71 bits per heavy atom. The van der Waals surface area contributed by atoms with E-state index in [9.17, 15) is 0 Å². The van der Waals surface area contributed by atoms with Crippen molar-refractivity contribution in [1.82, 2.24) is 0 Å². The van der Waals surface area contributed by atoms with Crippen LogP contribution in [0.5, 0.6) is 0 Å². The molecule has 0 bridgehead atoms. The maximum atomic E-state index is 6.03. The molecule has 1 aliphatic rings. The summed E-state index contributed by atoms with van der Waals surface area (Å²) in [6.07, 6.45) is 6.95. The highest BCUT2D eigenvalue weighted by molar-refractivity contribution is 9.10. The fraction of sp³-hybridized carbons (Fsp3) is 0.571. The van der Waals surface area contributed by atoms with Gasteiger partial charge < -0.3 is 10.6 Å². The maximum Gasteiger partial charge on any atom is 0.0608 e. The number of nitrogens with zero attached hydrogens (tertiary/aromatic N) is 1. The van der Waals surface area contributed by atoms with Gasteiger partial charge in [-0.2, -0.15) is 0 Å². The van der Waals surface area contributed by atoms with Gasteiger partial charge in [0.1, 0.15) is 0 Å². The summed E-state index contributed by atoms with van der Waals surface area (Å²) in [7, 11) is 2.15. The lowest BCUT2D eigenvalue weighted by molar-refractivity contribution is 0.362. The van der Waals surface area contributed by atoms with Crippen LogP contribution >= 0.6 is 15.9 Å². The summed E-state index contributed by atoms with van der Waals surface area (Å²) < 4.78 is 1.09. The summed E-state index contributed by atoms with van der Waals surface area (Å²) in [4.78, 5) is 2.30. The molecule has 0 aliphatic heterocycles. The van der Waals surface area contributed by atoms with Crippen molar-refractivity contribution in [2.24, 2.45) is 5.92 Å². The van der Waals surface area contributed by atoms with E-state index >= 15 is 0 Å². The summed E-state index contributed by atoms with van der Waals surface area (Å²) in [5, 5.41) is 0. The van der Waals surface area contributed by atoms with Gasteiger partial charge in [0.15, 0.2) is 0 Å². The van der Waals surface area contributed by atoms with Gasteiger partial charge in [0.25, 0.3) is 0 Å². The molecule has 0 unspecified atom stereocenters. The van der Waals surface area contributed by atoms with E-state index in [1.807, 2.05) is 12.1 Å². The highest BCUT2D eigenvalue weighted by Crippen LogP contribution is 2.30. The second kappa shape index (κ2) is 5.76. The molecule has 1 fully saturated rings. The SMILES string of the molecule is CN(CC1CCCCC1)c1cc(Br)ccc1N. The number of benzene rings is 1. The number of rotatable bonds is 3. The van der Waals surface area contributed by atoms with E-state index in [1.54, 1.807) is 0 Å².